The van der Waals surface area contributed by atoms with Crippen LogP contribution in [0.4, 0.5) is 5.69 Å². The van der Waals surface area contributed by atoms with Crippen LogP contribution in [0.5, 0.6) is 0 Å². The first-order chi connectivity index (χ1) is 9.15. The molecule has 19 heavy (non-hydrogen) atoms. The molecule has 2 atom stereocenters. The maximum Gasteiger partial charge on any atom is 0.0643 e. The molecular formula is C16H23N3. The SMILES string of the molecule is CC(C)c1ccccc1N1C(C)CNCC1CC#N. The van der Waals surface area contributed by atoms with Gasteiger partial charge >= 0.3 is 0 Å². The molecule has 1 saturated heterocycles. The molecule has 2 unspecified atom stereocenters. The summed E-state index contributed by atoms with van der Waals surface area (Å²) in [4.78, 5) is 2.44. The maximum absolute atomic E-state index is 9.04. The zero-order valence-corrected chi connectivity index (χ0v) is 12.1. The minimum atomic E-state index is 0.272. The minimum absolute atomic E-state index is 0.272. The number of nitrogens with zero attached hydrogens (tertiary/aromatic N) is 2. The van der Waals surface area contributed by atoms with Crippen LogP contribution < -0.4 is 10.2 Å². The molecule has 0 aromatic heterocycles. The Bertz CT molecular complexity index is 461. The Morgan fingerprint density at radius 1 is 1.37 bits per heavy atom. The van der Waals surface area contributed by atoms with Gasteiger partial charge in [0.1, 0.15) is 0 Å². The molecule has 1 aromatic carbocycles. The third-order valence-electron chi connectivity index (χ3n) is 3.85. The predicted octanol–water partition coefficient (Wildman–Crippen LogP) is 2.89. The molecule has 2 rings (SSSR count). The summed E-state index contributed by atoms with van der Waals surface area (Å²) in [6, 6.07) is 11.6. The van der Waals surface area contributed by atoms with Crippen LogP contribution in [0.15, 0.2) is 24.3 Å². The lowest BCUT2D eigenvalue weighted by Gasteiger charge is -2.43. The van der Waals surface area contributed by atoms with Crippen LogP contribution in [0, 0.1) is 11.3 Å². The Hall–Kier alpha value is -1.53. The normalized spacial score (nSPS) is 23.4. The van der Waals surface area contributed by atoms with Crippen LogP contribution in [0.2, 0.25) is 0 Å². The molecule has 1 aliphatic heterocycles. The van der Waals surface area contributed by atoms with Gasteiger partial charge in [-0.2, -0.15) is 5.26 Å². The first kappa shape index (κ1) is 13.9. The highest BCUT2D eigenvalue weighted by atomic mass is 15.2. The van der Waals surface area contributed by atoms with E-state index in [-0.39, 0.29) is 6.04 Å². The number of rotatable bonds is 3. The molecule has 0 radical (unpaired) electrons. The molecule has 0 aliphatic carbocycles. The van der Waals surface area contributed by atoms with Gasteiger partial charge in [0.2, 0.25) is 0 Å². The summed E-state index contributed by atoms with van der Waals surface area (Å²) < 4.78 is 0. The Morgan fingerprint density at radius 3 is 2.79 bits per heavy atom. The van der Waals surface area contributed by atoms with E-state index in [0.717, 1.165) is 13.1 Å². The topological polar surface area (TPSA) is 39.1 Å². The zero-order valence-electron chi connectivity index (χ0n) is 12.1. The zero-order chi connectivity index (χ0) is 13.8. The summed E-state index contributed by atoms with van der Waals surface area (Å²) in [6.07, 6.45) is 0.573. The van der Waals surface area contributed by atoms with Crippen LogP contribution in [-0.4, -0.2) is 25.2 Å². The van der Waals surface area contributed by atoms with E-state index >= 15 is 0 Å². The van der Waals surface area contributed by atoms with E-state index in [9.17, 15) is 0 Å². The lowest BCUT2D eigenvalue weighted by Crippen LogP contribution is -2.56. The molecule has 0 spiro atoms. The highest BCUT2D eigenvalue weighted by Crippen LogP contribution is 2.31. The smallest absolute Gasteiger partial charge is 0.0643 e. The number of hydrogen-bond donors (Lipinski definition) is 1. The third-order valence-corrected chi connectivity index (χ3v) is 3.85. The molecule has 0 amide bonds. The number of benzene rings is 1. The van der Waals surface area contributed by atoms with Gasteiger partial charge < -0.3 is 10.2 Å². The van der Waals surface area contributed by atoms with Gasteiger partial charge in [0.25, 0.3) is 0 Å². The summed E-state index contributed by atoms with van der Waals surface area (Å²) in [5.41, 5.74) is 2.67. The quantitative estimate of drug-likeness (QED) is 0.905. The summed E-state index contributed by atoms with van der Waals surface area (Å²) in [7, 11) is 0. The van der Waals surface area contributed by atoms with Crippen molar-refractivity contribution >= 4 is 5.69 Å². The van der Waals surface area contributed by atoms with Crippen LogP contribution in [-0.2, 0) is 0 Å². The van der Waals surface area contributed by atoms with Crippen LogP contribution in [0.1, 0.15) is 38.7 Å². The van der Waals surface area contributed by atoms with E-state index in [0.29, 0.717) is 18.4 Å². The number of anilines is 1. The Labute approximate surface area is 116 Å². The Balaban J connectivity index is 2.39. The maximum atomic E-state index is 9.04. The highest BCUT2D eigenvalue weighted by Gasteiger charge is 2.29. The van der Waals surface area contributed by atoms with Gasteiger partial charge in [-0.15, -0.1) is 0 Å². The molecule has 3 nitrogen and oxygen atoms in total. The number of hydrogen-bond acceptors (Lipinski definition) is 3. The fraction of sp³-hybridized carbons (Fsp3) is 0.562. The van der Waals surface area contributed by atoms with Gasteiger partial charge in [0.05, 0.1) is 18.5 Å². The van der Waals surface area contributed by atoms with Crippen molar-refractivity contribution in [1.29, 1.82) is 5.26 Å². The van der Waals surface area contributed by atoms with Gasteiger partial charge in [-0.3, -0.25) is 0 Å². The van der Waals surface area contributed by atoms with E-state index < -0.39 is 0 Å². The fourth-order valence-corrected chi connectivity index (χ4v) is 2.94. The van der Waals surface area contributed by atoms with Crippen molar-refractivity contribution in [2.24, 2.45) is 0 Å². The molecule has 3 heteroatoms. The van der Waals surface area contributed by atoms with E-state index in [1.807, 2.05) is 0 Å². The number of nitrogens with one attached hydrogen (secondary N) is 1. The van der Waals surface area contributed by atoms with Gasteiger partial charge in [0, 0.05) is 24.8 Å². The first-order valence-corrected chi connectivity index (χ1v) is 7.10. The molecule has 0 bridgehead atoms. The second-order valence-corrected chi connectivity index (χ2v) is 5.64. The van der Waals surface area contributed by atoms with Crippen molar-refractivity contribution in [2.75, 3.05) is 18.0 Å². The second-order valence-electron chi connectivity index (χ2n) is 5.64. The number of para-hydroxylation sites is 1. The van der Waals surface area contributed by atoms with Crippen LogP contribution >= 0.6 is 0 Å². The average Bonchev–Trinajstić information content (AvgIpc) is 2.39. The van der Waals surface area contributed by atoms with Gasteiger partial charge in [0.15, 0.2) is 0 Å². The van der Waals surface area contributed by atoms with Gasteiger partial charge in [-0.1, -0.05) is 32.0 Å². The summed E-state index contributed by atoms with van der Waals surface area (Å²) >= 11 is 0. The number of piperazine rings is 1. The molecular weight excluding hydrogens is 234 g/mol. The van der Waals surface area contributed by atoms with Crippen molar-refractivity contribution in [3.8, 4) is 6.07 Å². The predicted molar refractivity (Wildman–Crippen MR) is 79.4 cm³/mol. The Kier molecular flexibility index (Phi) is 4.44. The minimum Gasteiger partial charge on any atom is -0.362 e. The van der Waals surface area contributed by atoms with E-state index in [2.05, 4.69) is 61.3 Å². The lowest BCUT2D eigenvalue weighted by molar-refractivity contribution is 0.416. The molecule has 0 saturated carbocycles. The van der Waals surface area contributed by atoms with Crippen LogP contribution in [0.25, 0.3) is 0 Å². The molecule has 1 aliphatic rings. The Morgan fingerprint density at radius 2 is 2.11 bits per heavy atom. The third kappa shape index (κ3) is 2.90. The van der Waals surface area contributed by atoms with Crippen molar-refractivity contribution < 1.29 is 0 Å². The van der Waals surface area contributed by atoms with Crippen molar-refractivity contribution in [2.45, 2.75) is 45.2 Å². The van der Waals surface area contributed by atoms with E-state index in [1.54, 1.807) is 0 Å². The van der Waals surface area contributed by atoms with Crippen molar-refractivity contribution in [1.82, 2.24) is 5.32 Å². The van der Waals surface area contributed by atoms with E-state index in [1.165, 1.54) is 11.3 Å². The highest BCUT2D eigenvalue weighted by molar-refractivity contribution is 5.57. The molecule has 1 aromatic rings. The van der Waals surface area contributed by atoms with Gasteiger partial charge in [-0.05, 0) is 24.5 Å². The van der Waals surface area contributed by atoms with Gasteiger partial charge in [-0.25, -0.2) is 0 Å². The fourth-order valence-electron chi connectivity index (χ4n) is 2.94. The summed E-state index contributed by atoms with van der Waals surface area (Å²) in [5, 5.41) is 12.5. The lowest BCUT2D eigenvalue weighted by atomic mass is 9.96. The molecule has 1 N–H and O–H groups in total. The summed E-state index contributed by atoms with van der Waals surface area (Å²) in [6.45, 7) is 8.56. The molecule has 102 valence electrons. The molecule has 1 fully saturated rings. The first-order valence-electron chi connectivity index (χ1n) is 7.10. The monoisotopic (exact) mass is 257 g/mol. The van der Waals surface area contributed by atoms with Crippen molar-refractivity contribution in [3.05, 3.63) is 29.8 Å². The van der Waals surface area contributed by atoms with Crippen molar-refractivity contribution in [3.63, 3.8) is 0 Å². The van der Waals surface area contributed by atoms with E-state index in [4.69, 9.17) is 5.26 Å². The van der Waals surface area contributed by atoms with Crippen LogP contribution in [0.3, 0.4) is 0 Å². The molecule has 1 heterocycles. The number of nitriles is 1. The average molecular weight is 257 g/mol. The summed E-state index contributed by atoms with van der Waals surface area (Å²) in [5.74, 6) is 0.501. The second kappa shape index (κ2) is 6.08. The standard InChI is InChI=1S/C16H23N3/c1-12(2)15-6-4-5-7-16(15)19-13(3)10-18-11-14(19)8-9-17/h4-7,12-14,18H,8,10-11H2,1-3H3. The largest absolute Gasteiger partial charge is 0.362 e.